The number of hydrogen-bond donors (Lipinski definition) is 0. The van der Waals surface area contributed by atoms with Gasteiger partial charge >= 0.3 is 0 Å². The summed E-state index contributed by atoms with van der Waals surface area (Å²) in [6.45, 7) is 2.30. The van der Waals surface area contributed by atoms with E-state index in [0.29, 0.717) is 38.2 Å². The molecule has 0 aliphatic carbocycles. The standard InChI is InChI=1S/C14H16FN3O/c1-19-6-5-18(4-2-3-16)11-13-7-12(10-17)8-14(15)9-13/h7-9H,2,4-6,11H2,1H3. The van der Waals surface area contributed by atoms with Crippen molar-refractivity contribution in [1.82, 2.24) is 4.90 Å². The van der Waals surface area contributed by atoms with Gasteiger partial charge in [0.1, 0.15) is 5.82 Å². The van der Waals surface area contributed by atoms with Crippen LogP contribution in [-0.4, -0.2) is 31.7 Å². The smallest absolute Gasteiger partial charge is 0.124 e. The van der Waals surface area contributed by atoms with E-state index in [1.165, 1.54) is 12.1 Å². The highest BCUT2D eigenvalue weighted by Crippen LogP contribution is 2.11. The lowest BCUT2D eigenvalue weighted by atomic mass is 10.1. The Morgan fingerprint density at radius 1 is 1.26 bits per heavy atom. The fraction of sp³-hybridized carbons (Fsp3) is 0.429. The summed E-state index contributed by atoms with van der Waals surface area (Å²) in [4.78, 5) is 2.00. The molecule has 0 aliphatic heterocycles. The number of nitriles is 2. The first-order valence-corrected chi connectivity index (χ1v) is 5.97. The molecule has 0 spiro atoms. The number of methoxy groups -OCH3 is 1. The second-order valence-electron chi connectivity index (χ2n) is 4.14. The molecular weight excluding hydrogens is 245 g/mol. The van der Waals surface area contributed by atoms with Gasteiger partial charge in [-0.3, -0.25) is 4.90 Å². The molecule has 0 atom stereocenters. The van der Waals surface area contributed by atoms with Crippen molar-refractivity contribution in [2.75, 3.05) is 26.8 Å². The van der Waals surface area contributed by atoms with Crippen LogP contribution in [0, 0.1) is 28.5 Å². The molecule has 0 amide bonds. The maximum Gasteiger partial charge on any atom is 0.124 e. The van der Waals surface area contributed by atoms with E-state index in [4.69, 9.17) is 15.3 Å². The third-order valence-corrected chi connectivity index (χ3v) is 2.64. The molecule has 0 unspecified atom stereocenters. The summed E-state index contributed by atoms with van der Waals surface area (Å²) in [5.74, 6) is -0.416. The van der Waals surface area contributed by atoms with Crippen LogP contribution in [0.3, 0.4) is 0 Å². The van der Waals surface area contributed by atoms with Crippen LogP contribution in [0.15, 0.2) is 18.2 Å². The van der Waals surface area contributed by atoms with Gasteiger partial charge < -0.3 is 4.74 Å². The van der Waals surface area contributed by atoms with Crippen LogP contribution in [0.25, 0.3) is 0 Å². The maximum absolute atomic E-state index is 13.3. The van der Waals surface area contributed by atoms with Crippen molar-refractivity contribution in [3.05, 3.63) is 35.1 Å². The van der Waals surface area contributed by atoms with E-state index in [1.807, 2.05) is 11.0 Å². The fourth-order valence-electron chi connectivity index (χ4n) is 1.76. The summed E-state index contributed by atoms with van der Waals surface area (Å²) >= 11 is 0. The van der Waals surface area contributed by atoms with E-state index in [-0.39, 0.29) is 0 Å². The van der Waals surface area contributed by atoms with Gasteiger partial charge in [-0.25, -0.2) is 4.39 Å². The summed E-state index contributed by atoms with van der Waals surface area (Å²) in [6, 6.07) is 8.30. The average Bonchev–Trinajstić information content (AvgIpc) is 2.41. The molecule has 0 radical (unpaired) electrons. The van der Waals surface area contributed by atoms with Crippen molar-refractivity contribution in [1.29, 1.82) is 10.5 Å². The summed E-state index contributed by atoms with van der Waals surface area (Å²) < 4.78 is 18.3. The van der Waals surface area contributed by atoms with E-state index in [9.17, 15) is 4.39 Å². The van der Waals surface area contributed by atoms with Crippen molar-refractivity contribution in [2.45, 2.75) is 13.0 Å². The largest absolute Gasteiger partial charge is 0.383 e. The zero-order valence-corrected chi connectivity index (χ0v) is 10.9. The van der Waals surface area contributed by atoms with Crippen molar-refractivity contribution in [3.63, 3.8) is 0 Å². The van der Waals surface area contributed by atoms with Gasteiger partial charge in [0.25, 0.3) is 0 Å². The van der Waals surface area contributed by atoms with Crippen molar-refractivity contribution in [2.24, 2.45) is 0 Å². The topological polar surface area (TPSA) is 60.0 Å². The third-order valence-electron chi connectivity index (χ3n) is 2.64. The first-order chi connectivity index (χ1) is 9.19. The van der Waals surface area contributed by atoms with Crippen LogP contribution in [0.2, 0.25) is 0 Å². The van der Waals surface area contributed by atoms with Gasteiger partial charge in [0.05, 0.1) is 24.3 Å². The third kappa shape index (κ3) is 5.48. The molecule has 100 valence electrons. The molecule has 19 heavy (non-hydrogen) atoms. The lowest BCUT2D eigenvalue weighted by molar-refractivity contribution is 0.145. The van der Waals surface area contributed by atoms with E-state index in [1.54, 1.807) is 13.2 Å². The molecule has 1 aromatic carbocycles. The molecule has 0 saturated carbocycles. The van der Waals surface area contributed by atoms with Gasteiger partial charge in [0, 0.05) is 33.2 Å². The number of ether oxygens (including phenoxy) is 1. The normalized spacial score (nSPS) is 10.2. The molecular formula is C14H16FN3O. The molecule has 1 aromatic rings. The molecule has 0 aromatic heterocycles. The predicted molar refractivity (Wildman–Crippen MR) is 68.5 cm³/mol. The molecule has 0 fully saturated rings. The van der Waals surface area contributed by atoms with Crippen LogP contribution in [-0.2, 0) is 11.3 Å². The monoisotopic (exact) mass is 261 g/mol. The van der Waals surface area contributed by atoms with Gasteiger partial charge in [-0.05, 0) is 23.8 Å². The Bertz CT molecular complexity index is 490. The first kappa shape index (κ1) is 15.1. The van der Waals surface area contributed by atoms with Crippen LogP contribution in [0.5, 0.6) is 0 Å². The summed E-state index contributed by atoms with van der Waals surface area (Å²) in [6.07, 6.45) is 0.407. The fourth-order valence-corrected chi connectivity index (χ4v) is 1.76. The molecule has 0 bridgehead atoms. The lowest BCUT2D eigenvalue weighted by Crippen LogP contribution is -2.28. The van der Waals surface area contributed by atoms with Crippen LogP contribution < -0.4 is 0 Å². The Labute approximate surface area is 112 Å². The Balaban J connectivity index is 2.74. The molecule has 1 rings (SSSR count). The van der Waals surface area contributed by atoms with Gasteiger partial charge in [-0.1, -0.05) is 0 Å². The minimum Gasteiger partial charge on any atom is -0.383 e. The average molecular weight is 261 g/mol. The number of hydrogen-bond acceptors (Lipinski definition) is 4. The van der Waals surface area contributed by atoms with E-state index in [2.05, 4.69) is 6.07 Å². The van der Waals surface area contributed by atoms with Crippen molar-refractivity contribution < 1.29 is 9.13 Å². The van der Waals surface area contributed by atoms with E-state index in [0.717, 1.165) is 5.56 Å². The predicted octanol–water partition coefficient (Wildman–Crippen LogP) is 2.06. The molecule has 4 nitrogen and oxygen atoms in total. The summed E-state index contributed by atoms with van der Waals surface area (Å²) in [7, 11) is 1.61. The van der Waals surface area contributed by atoms with E-state index >= 15 is 0 Å². The molecule has 0 heterocycles. The van der Waals surface area contributed by atoms with Gasteiger partial charge in [0.15, 0.2) is 0 Å². The van der Waals surface area contributed by atoms with Crippen LogP contribution in [0.1, 0.15) is 17.5 Å². The highest BCUT2D eigenvalue weighted by atomic mass is 19.1. The first-order valence-electron chi connectivity index (χ1n) is 5.97. The lowest BCUT2D eigenvalue weighted by Gasteiger charge is -2.20. The Kier molecular flexibility index (Phi) is 6.52. The molecule has 0 saturated heterocycles. The number of halogens is 1. The van der Waals surface area contributed by atoms with Gasteiger partial charge in [-0.2, -0.15) is 10.5 Å². The zero-order chi connectivity index (χ0) is 14.1. The van der Waals surface area contributed by atoms with Crippen molar-refractivity contribution in [3.8, 4) is 12.1 Å². The highest BCUT2D eigenvalue weighted by molar-refractivity contribution is 5.33. The minimum absolute atomic E-state index is 0.307. The van der Waals surface area contributed by atoms with Crippen molar-refractivity contribution >= 4 is 0 Å². The summed E-state index contributed by atoms with van der Waals surface area (Å²) in [5.41, 5.74) is 1.03. The molecule has 0 N–H and O–H groups in total. The SMILES string of the molecule is COCCN(CCC#N)Cc1cc(F)cc(C#N)c1. The number of benzene rings is 1. The second-order valence-corrected chi connectivity index (χ2v) is 4.14. The summed E-state index contributed by atoms with van der Waals surface area (Å²) in [5, 5.41) is 17.4. The Morgan fingerprint density at radius 2 is 2.05 bits per heavy atom. The second kappa shape index (κ2) is 8.20. The van der Waals surface area contributed by atoms with Gasteiger partial charge in [-0.15, -0.1) is 0 Å². The number of nitrogens with zero attached hydrogens (tertiary/aromatic N) is 3. The van der Waals surface area contributed by atoms with Crippen LogP contribution in [0.4, 0.5) is 4.39 Å². The maximum atomic E-state index is 13.3. The zero-order valence-electron chi connectivity index (χ0n) is 10.9. The Morgan fingerprint density at radius 3 is 2.68 bits per heavy atom. The number of rotatable bonds is 7. The molecule has 0 aliphatic rings. The van der Waals surface area contributed by atoms with Crippen LogP contribution >= 0.6 is 0 Å². The van der Waals surface area contributed by atoms with E-state index < -0.39 is 5.82 Å². The Hall–Kier alpha value is -1.95. The minimum atomic E-state index is -0.416. The molecule has 5 heteroatoms. The quantitative estimate of drug-likeness (QED) is 0.753. The highest BCUT2D eigenvalue weighted by Gasteiger charge is 2.08. The van der Waals surface area contributed by atoms with Gasteiger partial charge in [0.2, 0.25) is 0 Å².